The number of halogens is 3. The third-order valence-corrected chi connectivity index (χ3v) is 3.03. The van der Waals surface area contributed by atoms with E-state index in [0.717, 1.165) is 0 Å². The lowest BCUT2D eigenvalue weighted by Crippen LogP contribution is -2.31. The van der Waals surface area contributed by atoms with Crippen molar-refractivity contribution in [3.05, 3.63) is 42.5 Å². The minimum Gasteiger partial charge on any atom is -0.405 e. The lowest BCUT2D eigenvalue weighted by atomic mass is 10.1. The van der Waals surface area contributed by atoms with Gasteiger partial charge in [0, 0.05) is 12.1 Å². The van der Waals surface area contributed by atoms with Crippen molar-refractivity contribution in [1.29, 1.82) is 0 Å². The average molecular weight is 328 g/mol. The number of nitrogens with zero attached hydrogens (tertiary/aromatic N) is 3. The van der Waals surface area contributed by atoms with Crippen molar-refractivity contribution < 1.29 is 22.7 Å². The number of amides is 1. The molecule has 9 heteroatoms. The molecule has 0 fully saturated rings. The minimum atomic E-state index is -4.78. The highest BCUT2D eigenvalue weighted by Gasteiger charge is 2.32. The second-order valence-corrected chi connectivity index (χ2v) is 4.89. The Bertz CT molecular complexity index is 644. The van der Waals surface area contributed by atoms with Gasteiger partial charge in [-0.1, -0.05) is 25.1 Å². The first-order chi connectivity index (χ1) is 10.8. The highest BCUT2D eigenvalue weighted by molar-refractivity contribution is 5.78. The van der Waals surface area contributed by atoms with Crippen LogP contribution in [0.4, 0.5) is 13.2 Å². The topological polar surface area (TPSA) is 69.0 Å². The molecule has 1 heterocycles. The predicted molar refractivity (Wildman–Crippen MR) is 74.2 cm³/mol. The molecule has 0 aliphatic rings. The lowest BCUT2D eigenvalue weighted by Gasteiger charge is -2.15. The molecular formula is C14H15F3N4O2. The molecule has 23 heavy (non-hydrogen) atoms. The van der Waals surface area contributed by atoms with Crippen LogP contribution >= 0.6 is 0 Å². The van der Waals surface area contributed by atoms with Gasteiger partial charge >= 0.3 is 6.36 Å². The Kier molecular flexibility index (Phi) is 5.20. The summed E-state index contributed by atoms with van der Waals surface area (Å²) in [4.78, 5) is 15.8. The summed E-state index contributed by atoms with van der Waals surface area (Å²) in [5.41, 5.74) is 0.242. The molecule has 1 amide bonds. The van der Waals surface area contributed by atoms with Crippen molar-refractivity contribution in [2.24, 2.45) is 5.92 Å². The van der Waals surface area contributed by atoms with E-state index in [1.807, 2.05) is 0 Å². The first-order valence-corrected chi connectivity index (χ1v) is 6.79. The van der Waals surface area contributed by atoms with Crippen LogP contribution in [0.25, 0.3) is 0 Å². The number of ether oxygens (including phenoxy) is 1. The zero-order valence-electron chi connectivity index (χ0n) is 12.2. The van der Waals surface area contributed by atoms with Crippen LogP contribution in [0.5, 0.6) is 5.75 Å². The molecule has 1 N–H and O–H groups in total. The van der Waals surface area contributed by atoms with Gasteiger partial charge in [-0.3, -0.25) is 9.48 Å². The monoisotopic (exact) mass is 328 g/mol. The van der Waals surface area contributed by atoms with Crippen LogP contribution in [0.3, 0.4) is 0 Å². The summed E-state index contributed by atoms with van der Waals surface area (Å²) in [5.74, 6) is -1.04. The third kappa shape index (κ3) is 5.28. The number of hydrogen-bond donors (Lipinski definition) is 1. The summed E-state index contributed by atoms with van der Waals surface area (Å²) in [6, 6.07) is 5.67. The lowest BCUT2D eigenvalue weighted by molar-refractivity contribution is -0.274. The molecule has 124 valence electrons. The fraction of sp³-hybridized carbons (Fsp3) is 0.357. The molecule has 1 aromatic carbocycles. The Labute approximate surface area is 130 Å². The minimum absolute atomic E-state index is 0.0627. The quantitative estimate of drug-likeness (QED) is 0.882. The molecule has 0 radical (unpaired) electrons. The normalized spacial score (nSPS) is 12.7. The van der Waals surface area contributed by atoms with E-state index in [1.54, 1.807) is 13.0 Å². The van der Waals surface area contributed by atoms with Gasteiger partial charge in [0.05, 0.1) is 12.5 Å². The summed E-state index contributed by atoms with van der Waals surface area (Å²) in [6.45, 7) is 1.95. The van der Waals surface area contributed by atoms with E-state index in [4.69, 9.17) is 0 Å². The number of benzene rings is 1. The van der Waals surface area contributed by atoms with Gasteiger partial charge in [0.1, 0.15) is 18.4 Å². The molecule has 1 unspecified atom stereocenters. The second kappa shape index (κ2) is 7.12. The smallest absolute Gasteiger partial charge is 0.405 e. The molecule has 2 rings (SSSR count). The van der Waals surface area contributed by atoms with Crippen molar-refractivity contribution in [1.82, 2.24) is 20.1 Å². The Morgan fingerprint density at radius 3 is 2.78 bits per heavy atom. The maximum absolute atomic E-state index is 12.3. The number of para-hydroxylation sites is 1. The van der Waals surface area contributed by atoms with Crippen LogP contribution in [0.1, 0.15) is 12.5 Å². The van der Waals surface area contributed by atoms with Gasteiger partial charge < -0.3 is 10.1 Å². The van der Waals surface area contributed by atoms with Crippen LogP contribution in [0.2, 0.25) is 0 Å². The first-order valence-electron chi connectivity index (χ1n) is 6.79. The van der Waals surface area contributed by atoms with Gasteiger partial charge in [-0.25, -0.2) is 4.98 Å². The number of hydrogen-bond acceptors (Lipinski definition) is 4. The van der Waals surface area contributed by atoms with Crippen molar-refractivity contribution in [2.45, 2.75) is 26.4 Å². The number of rotatable bonds is 6. The Balaban J connectivity index is 1.93. The zero-order valence-corrected chi connectivity index (χ0v) is 12.2. The standard InChI is InChI=1S/C14H15F3N4O2/c1-10(7-21-9-18-8-20-21)13(22)19-6-11-4-2-3-5-12(11)23-14(15,16)17/h2-5,8-10H,6-7H2,1H3,(H,19,22). The zero-order chi connectivity index (χ0) is 16.9. The molecule has 0 aliphatic heterocycles. The van der Waals surface area contributed by atoms with Gasteiger partial charge in [-0.15, -0.1) is 13.2 Å². The fourth-order valence-electron chi connectivity index (χ4n) is 1.92. The first kappa shape index (κ1) is 16.8. The van der Waals surface area contributed by atoms with Gasteiger partial charge in [0.15, 0.2) is 0 Å². The highest BCUT2D eigenvalue weighted by atomic mass is 19.4. The van der Waals surface area contributed by atoms with Crippen molar-refractivity contribution in [3.63, 3.8) is 0 Å². The summed E-state index contributed by atoms with van der Waals surface area (Å²) in [6.07, 6.45) is -1.94. The molecule has 0 aliphatic carbocycles. The van der Waals surface area contributed by atoms with Crippen LogP contribution in [-0.4, -0.2) is 27.0 Å². The Morgan fingerprint density at radius 2 is 2.13 bits per heavy atom. The second-order valence-electron chi connectivity index (χ2n) is 4.89. The number of carbonyl (C=O) groups is 1. The van der Waals surface area contributed by atoms with Gasteiger partial charge in [0.2, 0.25) is 5.91 Å². The van der Waals surface area contributed by atoms with Crippen molar-refractivity contribution in [2.75, 3.05) is 0 Å². The number of nitrogens with one attached hydrogen (secondary N) is 1. The largest absolute Gasteiger partial charge is 0.573 e. The van der Waals surface area contributed by atoms with E-state index in [1.165, 1.54) is 35.5 Å². The maximum Gasteiger partial charge on any atom is 0.573 e. The number of alkyl halides is 3. The van der Waals surface area contributed by atoms with Gasteiger partial charge in [-0.2, -0.15) is 5.10 Å². The van der Waals surface area contributed by atoms with Crippen LogP contribution in [-0.2, 0) is 17.9 Å². The molecule has 0 spiro atoms. The molecule has 1 aromatic heterocycles. The van der Waals surface area contributed by atoms with E-state index in [0.29, 0.717) is 6.54 Å². The van der Waals surface area contributed by atoms with Gasteiger partial charge in [0.25, 0.3) is 0 Å². The summed E-state index contributed by atoms with van der Waals surface area (Å²) in [7, 11) is 0. The van der Waals surface area contributed by atoms with Gasteiger partial charge in [-0.05, 0) is 6.07 Å². The molecule has 6 nitrogen and oxygen atoms in total. The molecule has 0 bridgehead atoms. The molecular weight excluding hydrogens is 313 g/mol. The van der Waals surface area contributed by atoms with Crippen LogP contribution in [0, 0.1) is 5.92 Å². The maximum atomic E-state index is 12.3. The van der Waals surface area contributed by atoms with E-state index >= 15 is 0 Å². The molecule has 0 saturated carbocycles. The summed E-state index contributed by atoms with van der Waals surface area (Å²) in [5, 5.41) is 6.48. The van der Waals surface area contributed by atoms with Crippen LogP contribution < -0.4 is 10.1 Å². The molecule has 0 saturated heterocycles. The SMILES string of the molecule is CC(Cn1cncn1)C(=O)NCc1ccccc1OC(F)(F)F. The van der Waals surface area contributed by atoms with E-state index in [9.17, 15) is 18.0 Å². The predicted octanol–water partition coefficient (Wildman–Crippen LogP) is 2.13. The Morgan fingerprint density at radius 1 is 1.39 bits per heavy atom. The third-order valence-electron chi connectivity index (χ3n) is 3.03. The summed E-state index contributed by atoms with van der Waals surface area (Å²) < 4.78 is 42.4. The van der Waals surface area contributed by atoms with E-state index in [-0.39, 0.29) is 23.8 Å². The summed E-state index contributed by atoms with van der Waals surface area (Å²) >= 11 is 0. The van der Waals surface area contributed by atoms with Crippen molar-refractivity contribution in [3.8, 4) is 5.75 Å². The van der Waals surface area contributed by atoms with Crippen LogP contribution in [0.15, 0.2) is 36.9 Å². The van der Waals surface area contributed by atoms with E-state index < -0.39 is 12.3 Å². The Hall–Kier alpha value is -2.58. The van der Waals surface area contributed by atoms with Crippen molar-refractivity contribution >= 4 is 5.91 Å². The average Bonchev–Trinajstić information content (AvgIpc) is 2.97. The fourth-order valence-corrected chi connectivity index (χ4v) is 1.92. The molecule has 1 atom stereocenters. The van der Waals surface area contributed by atoms with E-state index in [2.05, 4.69) is 20.1 Å². The number of aromatic nitrogens is 3. The highest BCUT2D eigenvalue weighted by Crippen LogP contribution is 2.26. The molecule has 2 aromatic rings. The number of carbonyl (C=O) groups excluding carboxylic acids is 1.